The normalized spacial score (nSPS) is 19.7. The van der Waals surface area contributed by atoms with Crippen LogP contribution in [0.5, 0.6) is 11.5 Å². The zero-order valence-corrected chi connectivity index (χ0v) is 7.49. The van der Waals surface area contributed by atoms with Crippen molar-refractivity contribution in [1.29, 1.82) is 0 Å². The average Bonchev–Trinajstić information content (AvgIpc) is 2.41. The van der Waals surface area contributed by atoms with Gasteiger partial charge in [-0.1, -0.05) is 0 Å². The van der Waals surface area contributed by atoms with E-state index in [1.165, 1.54) is 6.07 Å². The minimum atomic E-state index is -4.30. The lowest BCUT2D eigenvalue weighted by Gasteiger charge is -1.98. The number of rotatable bonds is 1. The summed E-state index contributed by atoms with van der Waals surface area (Å²) in [5.74, 6) is 0.0533. The topological polar surface area (TPSA) is 72.8 Å². The van der Waals surface area contributed by atoms with Gasteiger partial charge in [-0.05, 0) is 12.1 Å². The molecule has 1 aliphatic rings. The number of fused-ring (bicyclic) bond motifs is 1. The van der Waals surface area contributed by atoms with Crippen molar-refractivity contribution in [2.75, 3.05) is 0 Å². The number of ether oxygens (including phenoxy) is 2. The highest BCUT2D eigenvalue weighted by Gasteiger charge is 2.25. The van der Waals surface area contributed by atoms with Gasteiger partial charge in [0.15, 0.2) is 11.5 Å². The molecule has 0 radical (unpaired) electrons. The maximum atomic E-state index is 12.5. The fourth-order valence-electron chi connectivity index (χ4n) is 1.06. The Morgan fingerprint density at radius 1 is 1.29 bits per heavy atom. The molecule has 0 fully saturated rings. The van der Waals surface area contributed by atoms with Crippen molar-refractivity contribution in [3.05, 3.63) is 18.2 Å². The second-order valence-electron chi connectivity index (χ2n) is 2.59. The van der Waals surface area contributed by atoms with Crippen LogP contribution >= 0.6 is 0 Å². The van der Waals surface area contributed by atoms with E-state index in [0.717, 1.165) is 12.1 Å². The molecule has 1 unspecified atom stereocenters. The van der Waals surface area contributed by atoms with Gasteiger partial charge >= 0.3 is 6.54 Å². The van der Waals surface area contributed by atoms with Crippen LogP contribution < -0.4 is 9.47 Å². The standard InChI is InChI=1S/C7H5FO5S/c8-7-12-5-2-1-4(14(9,10)11)3-6(5)13-7/h1-3,7H,(H,9,10,11). The lowest BCUT2D eigenvalue weighted by atomic mass is 10.3. The van der Waals surface area contributed by atoms with E-state index in [1.54, 1.807) is 0 Å². The summed E-state index contributed by atoms with van der Waals surface area (Å²) < 4.78 is 51.5. The first-order valence-electron chi connectivity index (χ1n) is 3.56. The summed E-state index contributed by atoms with van der Waals surface area (Å²) in [6.07, 6.45) is 0. The van der Waals surface area contributed by atoms with Crippen LogP contribution in [0.4, 0.5) is 4.39 Å². The molecule has 1 aromatic carbocycles. The van der Waals surface area contributed by atoms with Crippen molar-refractivity contribution in [2.24, 2.45) is 0 Å². The lowest BCUT2D eigenvalue weighted by molar-refractivity contribution is -0.0652. The molecule has 0 saturated carbocycles. The number of halogens is 1. The summed E-state index contributed by atoms with van der Waals surface area (Å²) in [7, 11) is -4.30. The molecular formula is C7H5FO5S. The van der Waals surface area contributed by atoms with Gasteiger partial charge in [0.05, 0.1) is 4.90 Å². The van der Waals surface area contributed by atoms with E-state index in [9.17, 15) is 12.8 Å². The van der Waals surface area contributed by atoms with Crippen LogP contribution in [-0.2, 0) is 10.1 Å². The van der Waals surface area contributed by atoms with Gasteiger partial charge in [-0.2, -0.15) is 12.8 Å². The Hall–Kier alpha value is -1.34. The van der Waals surface area contributed by atoms with Crippen molar-refractivity contribution in [3.8, 4) is 11.5 Å². The molecular weight excluding hydrogens is 215 g/mol. The first-order valence-corrected chi connectivity index (χ1v) is 5.00. The van der Waals surface area contributed by atoms with E-state index >= 15 is 0 Å². The van der Waals surface area contributed by atoms with E-state index in [2.05, 4.69) is 9.47 Å². The van der Waals surface area contributed by atoms with Crippen LogP contribution in [0.1, 0.15) is 0 Å². The quantitative estimate of drug-likeness (QED) is 0.713. The van der Waals surface area contributed by atoms with Gasteiger partial charge in [-0.3, -0.25) is 4.55 Å². The second-order valence-corrected chi connectivity index (χ2v) is 4.02. The highest BCUT2D eigenvalue weighted by molar-refractivity contribution is 7.85. The molecule has 0 aromatic heterocycles. The molecule has 7 heteroatoms. The molecule has 1 heterocycles. The average molecular weight is 220 g/mol. The van der Waals surface area contributed by atoms with E-state index in [-0.39, 0.29) is 16.4 Å². The molecule has 2 rings (SSSR count). The molecule has 0 aliphatic carbocycles. The largest absolute Gasteiger partial charge is 0.425 e. The summed E-state index contributed by atoms with van der Waals surface area (Å²) in [5.41, 5.74) is 0. The van der Waals surface area contributed by atoms with Crippen molar-refractivity contribution < 1.29 is 26.8 Å². The fourth-order valence-corrected chi connectivity index (χ4v) is 1.56. The molecule has 1 aliphatic heterocycles. The van der Waals surface area contributed by atoms with E-state index < -0.39 is 16.7 Å². The van der Waals surface area contributed by atoms with E-state index in [4.69, 9.17) is 4.55 Å². The van der Waals surface area contributed by atoms with Gasteiger partial charge in [-0.25, -0.2) is 0 Å². The van der Waals surface area contributed by atoms with Crippen molar-refractivity contribution in [2.45, 2.75) is 11.4 Å². The third kappa shape index (κ3) is 1.51. The smallest absolute Gasteiger partial charge is 0.397 e. The fraction of sp³-hybridized carbons (Fsp3) is 0.143. The summed E-state index contributed by atoms with van der Waals surface area (Å²) >= 11 is 0. The highest BCUT2D eigenvalue weighted by Crippen LogP contribution is 2.36. The van der Waals surface area contributed by atoms with E-state index in [0.29, 0.717) is 0 Å². The van der Waals surface area contributed by atoms with Gasteiger partial charge < -0.3 is 9.47 Å². The maximum Gasteiger partial charge on any atom is 0.397 e. The van der Waals surface area contributed by atoms with E-state index in [1.807, 2.05) is 0 Å². The van der Waals surface area contributed by atoms with Gasteiger partial charge in [0.25, 0.3) is 10.1 Å². The molecule has 1 N–H and O–H groups in total. The minimum Gasteiger partial charge on any atom is -0.425 e. The van der Waals surface area contributed by atoms with Gasteiger partial charge in [0.2, 0.25) is 0 Å². The molecule has 0 saturated heterocycles. The summed E-state index contributed by atoms with van der Waals surface area (Å²) in [6, 6.07) is 3.29. The van der Waals surface area contributed by atoms with Gasteiger partial charge in [0, 0.05) is 6.07 Å². The Labute approximate surface area is 78.8 Å². The summed E-state index contributed by atoms with van der Waals surface area (Å²) in [6.45, 7) is -1.93. The Bertz CT molecular complexity index is 469. The number of alkyl halides is 1. The molecule has 1 aromatic rings. The molecule has 14 heavy (non-hydrogen) atoms. The summed E-state index contributed by atoms with van der Waals surface area (Å²) in [5, 5.41) is 0. The Morgan fingerprint density at radius 3 is 2.57 bits per heavy atom. The van der Waals surface area contributed by atoms with Crippen LogP contribution in [0, 0.1) is 0 Å². The molecule has 0 bridgehead atoms. The van der Waals surface area contributed by atoms with Crippen LogP contribution in [0.3, 0.4) is 0 Å². The zero-order chi connectivity index (χ0) is 10.3. The number of hydrogen-bond acceptors (Lipinski definition) is 4. The Kier molecular flexibility index (Phi) is 1.86. The van der Waals surface area contributed by atoms with Crippen molar-refractivity contribution in [1.82, 2.24) is 0 Å². The molecule has 0 spiro atoms. The first kappa shape index (κ1) is 9.22. The number of hydrogen-bond donors (Lipinski definition) is 1. The minimum absolute atomic E-state index is 0.0485. The molecule has 5 nitrogen and oxygen atoms in total. The maximum absolute atomic E-state index is 12.5. The van der Waals surface area contributed by atoms with Gasteiger partial charge in [0.1, 0.15) is 0 Å². The third-order valence-corrected chi connectivity index (χ3v) is 2.50. The lowest BCUT2D eigenvalue weighted by Crippen LogP contribution is -2.09. The first-order chi connectivity index (χ1) is 6.47. The highest BCUT2D eigenvalue weighted by atomic mass is 32.2. The number of benzene rings is 1. The summed E-state index contributed by atoms with van der Waals surface area (Å²) in [4.78, 5) is -0.367. The SMILES string of the molecule is O=S(=O)(O)c1ccc2c(c1)OC(F)O2. The zero-order valence-electron chi connectivity index (χ0n) is 6.68. The monoisotopic (exact) mass is 220 g/mol. The van der Waals surface area contributed by atoms with Crippen LogP contribution in [0.2, 0.25) is 0 Å². The Morgan fingerprint density at radius 2 is 1.93 bits per heavy atom. The van der Waals surface area contributed by atoms with Crippen LogP contribution in [-0.4, -0.2) is 19.5 Å². The van der Waals surface area contributed by atoms with Crippen LogP contribution in [0.15, 0.2) is 23.1 Å². The predicted molar refractivity (Wildman–Crippen MR) is 42.4 cm³/mol. The second kappa shape index (κ2) is 2.82. The molecule has 0 amide bonds. The van der Waals surface area contributed by atoms with Crippen LogP contribution in [0.25, 0.3) is 0 Å². The molecule has 1 atom stereocenters. The van der Waals surface area contributed by atoms with Crippen molar-refractivity contribution >= 4 is 10.1 Å². The van der Waals surface area contributed by atoms with Gasteiger partial charge in [-0.15, -0.1) is 0 Å². The van der Waals surface area contributed by atoms with Crippen molar-refractivity contribution in [3.63, 3.8) is 0 Å². The predicted octanol–water partition coefficient (Wildman–Crippen LogP) is 0.958. The third-order valence-electron chi connectivity index (χ3n) is 1.65. The Balaban J connectivity index is 2.48. The molecule has 76 valence electrons.